The number of morpholine rings is 1. The lowest BCUT2D eigenvalue weighted by molar-refractivity contribution is -0.132. The molecule has 0 bridgehead atoms. The Kier molecular flexibility index (Phi) is 6.15. The van der Waals surface area contributed by atoms with E-state index in [0.29, 0.717) is 43.7 Å². The number of benzene rings is 1. The van der Waals surface area contributed by atoms with Crippen LogP contribution in [0.3, 0.4) is 0 Å². The van der Waals surface area contributed by atoms with Crippen LogP contribution in [0.4, 0.5) is 0 Å². The van der Waals surface area contributed by atoms with Gasteiger partial charge in [-0.1, -0.05) is 30.3 Å². The molecule has 2 amide bonds. The number of nitrogens with one attached hydrogen (secondary N) is 1. The van der Waals surface area contributed by atoms with E-state index in [1.54, 1.807) is 0 Å². The van der Waals surface area contributed by atoms with E-state index >= 15 is 0 Å². The summed E-state index contributed by atoms with van der Waals surface area (Å²) in [6.07, 6.45) is 2.34. The Balaban J connectivity index is 1.42. The molecule has 130 valence electrons. The van der Waals surface area contributed by atoms with Crippen LogP contribution >= 0.6 is 11.8 Å². The van der Waals surface area contributed by atoms with Gasteiger partial charge in [-0.3, -0.25) is 9.59 Å². The Morgan fingerprint density at radius 1 is 1.17 bits per heavy atom. The summed E-state index contributed by atoms with van der Waals surface area (Å²) in [7, 11) is 0. The number of rotatable bonds is 7. The lowest BCUT2D eigenvalue weighted by Gasteiger charge is -2.26. The number of hydrogen-bond donors (Lipinski definition) is 1. The summed E-state index contributed by atoms with van der Waals surface area (Å²) in [6, 6.07) is 10.2. The fourth-order valence-electron chi connectivity index (χ4n) is 2.91. The summed E-state index contributed by atoms with van der Waals surface area (Å²) >= 11 is 1.39. The van der Waals surface area contributed by atoms with E-state index in [0.717, 1.165) is 0 Å². The Morgan fingerprint density at radius 2 is 1.88 bits per heavy atom. The van der Waals surface area contributed by atoms with Gasteiger partial charge in [0.15, 0.2) is 0 Å². The zero-order chi connectivity index (χ0) is 16.8. The average Bonchev–Trinajstić information content (AvgIpc) is 3.46. The summed E-state index contributed by atoms with van der Waals surface area (Å²) in [4.78, 5) is 26.1. The molecular weight excluding hydrogens is 324 g/mol. The Bertz CT molecular complexity index is 557. The molecule has 0 spiro atoms. The largest absolute Gasteiger partial charge is 0.378 e. The maximum atomic E-state index is 12.2. The standard InChI is InChI=1S/C18H24N2O3S/c21-16(12-24-13-17(22)20-8-10-23-11-9-20)19-18(15-6-7-15)14-4-2-1-3-5-14/h1-5,15,18H,6-13H2,(H,19,21). The van der Waals surface area contributed by atoms with Gasteiger partial charge in [-0.05, 0) is 24.3 Å². The third-order valence-corrected chi connectivity index (χ3v) is 5.31. The maximum Gasteiger partial charge on any atom is 0.232 e. The molecule has 1 N–H and O–H groups in total. The molecule has 0 radical (unpaired) electrons. The number of nitrogens with zero attached hydrogens (tertiary/aromatic N) is 1. The predicted octanol–water partition coefficient (Wildman–Crippen LogP) is 1.85. The van der Waals surface area contributed by atoms with E-state index in [1.807, 2.05) is 23.1 Å². The first-order valence-electron chi connectivity index (χ1n) is 8.51. The Labute approximate surface area is 147 Å². The van der Waals surface area contributed by atoms with Crippen molar-refractivity contribution in [1.29, 1.82) is 0 Å². The van der Waals surface area contributed by atoms with E-state index in [2.05, 4.69) is 17.4 Å². The molecule has 5 nitrogen and oxygen atoms in total. The van der Waals surface area contributed by atoms with Gasteiger partial charge in [0.1, 0.15) is 0 Å². The number of hydrogen-bond acceptors (Lipinski definition) is 4. The minimum atomic E-state index is 0.00975. The minimum absolute atomic E-state index is 0.00975. The van der Waals surface area contributed by atoms with Crippen LogP contribution in [0.2, 0.25) is 0 Å². The molecule has 1 aliphatic carbocycles. The second-order valence-electron chi connectivity index (χ2n) is 6.28. The highest BCUT2D eigenvalue weighted by molar-refractivity contribution is 8.00. The molecule has 2 fully saturated rings. The van der Waals surface area contributed by atoms with Crippen LogP contribution in [0.15, 0.2) is 30.3 Å². The van der Waals surface area contributed by atoms with Gasteiger partial charge in [0, 0.05) is 13.1 Å². The number of thioether (sulfide) groups is 1. The summed E-state index contributed by atoms with van der Waals surface area (Å²) in [5.74, 6) is 1.34. The molecular formula is C18H24N2O3S. The normalized spacial score (nSPS) is 18.9. The first kappa shape index (κ1) is 17.3. The van der Waals surface area contributed by atoms with Crippen molar-refractivity contribution in [2.24, 2.45) is 5.92 Å². The van der Waals surface area contributed by atoms with Crippen LogP contribution in [-0.4, -0.2) is 54.5 Å². The third kappa shape index (κ3) is 4.98. The summed E-state index contributed by atoms with van der Waals surface area (Å²) in [5, 5.41) is 3.14. The van der Waals surface area contributed by atoms with Gasteiger partial charge < -0.3 is 15.0 Å². The monoisotopic (exact) mass is 348 g/mol. The number of ether oxygens (including phenoxy) is 1. The summed E-state index contributed by atoms with van der Waals surface area (Å²) < 4.78 is 5.24. The topological polar surface area (TPSA) is 58.6 Å². The Morgan fingerprint density at radius 3 is 2.54 bits per heavy atom. The highest BCUT2D eigenvalue weighted by Gasteiger charge is 2.33. The van der Waals surface area contributed by atoms with Gasteiger partial charge in [-0.15, -0.1) is 11.8 Å². The predicted molar refractivity (Wildman–Crippen MR) is 94.8 cm³/mol. The van der Waals surface area contributed by atoms with E-state index in [1.165, 1.54) is 30.2 Å². The number of carbonyl (C=O) groups is 2. The second-order valence-corrected chi connectivity index (χ2v) is 7.26. The fraction of sp³-hybridized carbons (Fsp3) is 0.556. The lowest BCUT2D eigenvalue weighted by atomic mass is 10.0. The number of amides is 2. The molecule has 1 aromatic rings. The van der Waals surface area contributed by atoms with Gasteiger partial charge in [-0.2, -0.15) is 0 Å². The SMILES string of the molecule is O=C(CSCC(=O)N1CCOCC1)NC(c1ccccc1)C1CC1. The smallest absolute Gasteiger partial charge is 0.232 e. The zero-order valence-corrected chi connectivity index (χ0v) is 14.6. The van der Waals surface area contributed by atoms with Crippen molar-refractivity contribution < 1.29 is 14.3 Å². The second kappa shape index (κ2) is 8.53. The van der Waals surface area contributed by atoms with Gasteiger partial charge >= 0.3 is 0 Å². The van der Waals surface area contributed by atoms with Crippen LogP contribution in [0.25, 0.3) is 0 Å². The highest BCUT2D eigenvalue weighted by Crippen LogP contribution is 2.40. The molecule has 24 heavy (non-hydrogen) atoms. The van der Waals surface area contributed by atoms with Gasteiger partial charge in [0.2, 0.25) is 11.8 Å². The van der Waals surface area contributed by atoms with Gasteiger partial charge in [0.25, 0.3) is 0 Å². The summed E-state index contributed by atoms with van der Waals surface area (Å²) in [5.41, 5.74) is 1.17. The van der Waals surface area contributed by atoms with Crippen molar-refractivity contribution in [3.63, 3.8) is 0 Å². The zero-order valence-electron chi connectivity index (χ0n) is 13.8. The minimum Gasteiger partial charge on any atom is -0.378 e. The van der Waals surface area contributed by atoms with Gasteiger partial charge in [0.05, 0.1) is 30.8 Å². The fourth-order valence-corrected chi connectivity index (χ4v) is 3.64. The molecule has 3 rings (SSSR count). The van der Waals surface area contributed by atoms with Crippen LogP contribution < -0.4 is 5.32 Å². The van der Waals surface area contributed by atoms with Crippen molar-refractivity contribution >= 4 is 23.6 Å². The highest BCUT2D eigenvalue weighted by atomic mass is 32.2. The molecule has 1 saturated carbocycles. The molecule has 1 heterocycles. The third-order valence-electron chi connectivity index (χ3n) is 4.39. The van der Waals surface area contributed by atoms with Crippen molar-refractivity contribution in [1.82, 2.24) is 10.2 Å². The van der Waals surface area contributed by atoms with Gasteiger partial charge in [-0.25, -0.2) is 0 Å². The van der Waals surface area contributed by atoms with Crippen LogP contribution in [0, 0.1) is 5.92 Å². The maximum absolute atomic E-state index is 12.2. The van der Waals surface area contributed by atoms with Crippen molar-refractivity contribution in [3.05, 3.63) is 35.9 Å². The first-order chi connectivity index (χ1) is 11.7. The van der Waals surface area contributed by atoms with E-state index < -0.39 is 0 Å². The Hall–Kier alpha value is -1.53. The van der Waals surface area contributed by atoms with E-state index in [4.69, 9.17) is 4.74 Å². The van der Waals surface area contributed by atoms with Crippen LogP contribution in [-0.2, 0) is 14.3 Å². The van der Waals surface area contributed by atoms with E-state index in [-0.39, 0.29) is 17.9 Å². The summed E-state index contributed by atoms with van der Waals surface area (Å²) in [6.45, 7) is 2.53. The molecule has 2 aliphatic rings. The van der Waals surface area contributed by atoms with Crippen LogP contribution in [0.5, 0.6) is 0 Å². The van der Waals surface area contributed by atoms with Crippen molar-refractivity contribution in [2.45, 2.75) is 18.9 Å². The molecule has 1 aromatic carbocycles. The van der Waals surface area contributed by atoms with Crippen LogP contribution in [0.1, 0.15) is 24.4 Å². The lowest BCUT2D eigenvalue weighted by Crippen LogP contribution is -2.41. The van der Waals surface area contributed by atoms with Crippen molar-refractivity contribution in [2.75, 3.05) is 37.8 Å². The molecule has 6 heteroatoms. The quantitative estimate of drug-likeness (QED) is 0.817. The average molecular weight is 348 g/mol. The molecule has 1 unspecified atom stereocenters. The molecule has 0 aromatic heterocycles. The molecule has 1 atom stereocenters. The molecule has 1 aliphatic heterocycles. The number of carbonyl (C=O) groups excluding carboxylic acids is 2. The van der Waals surface area contributed by atoms with Crippen molar-refractivity contribution in [3.8, 4) is 0 Å². The van der Waals surface area contributed by atoms with E-state index in [9.17, 15) is 9.59 Å². The first-order valence-corrected chi connectivity index (χ1v) is 9.67. The molecule has 1 saturated heterocycles.